The molecular weight excluding hydrogens is 206 g/mol. The van der Waals surface area contributed by atoms with Gasteiger partial charge in [0.15, 0.2) is 0 Å². The lowest BCUT2D eigenvalue weighted by Gasteiger charge is -2.16. The Morgan fingerprint density at radius 2 is 2.12 bits per heavy atom. The van der Waals surface area contributed by atoms with E-state index in [0.717, 1.165) is 5.69 Å². The van der Waals surface area contributed by atoms with Gasteiger partial charge in [0.25, 0.3) is 0 Å². The average Bonchev–Trinajstić information content (AvgIpc) is 2.18. The van der Waals surface area contributed by atoms with Gasteiger partial charge in [0, 0.05) is 17.3 Å². The molecule has 0 unspecified atom stereocenters. The van der Waals surface area contributed by atoms with Crippen molar-refractivity contribution in [2.24, 2.45) is 0 Å². The molecule has 5 heteroatoms. The van der Waals surface area contributed by atoms with Crippen LogP contribution in [0.1, 0.15) is 26.5 Å². The molecule has 0 fully saturated rings. The van der Waals surface area contributed by atoms with Crippen LogP contribution in [0.15, 0.2) is 24.4 Å². The van der Waals surface area contributed by atoms with Crippen molar-refractivity contribution in [2.45, 2.75) is 26.2 Å². The van der Waals surface area contributed by atoms with Crippen molar-refractivity contribution < 1.29 is 14.7 Å². The van der Waals surface area contributed by atoms with Crippen molar-refractivity contribution in [1.82, 2.24) is 4.98 Å². The van der Waals surface area contributed by atoms with Crippen LogP contribution in [0.5, 0.6) is 0 Å². The molecule has 1 N–H and O–H groups in total. The van der Waals surface area contributed by atoms with E-state index in [0.29, 0.717) is 6.21 Å². The number of hydrogen-bond acceptors (Lipinski definition) is 2. The van der Waals surface area contributed by atoms with E-state index in [2.05, 4.69) is 36.6 Å². The molecule has 0 bridgehead atoms. The largest absolute Gasteiger partial charge is 0.473 e. The van der Waals surface area contributed by atoms with E-state index in [1.54, 1.807) is 0 Å². The molecule has 0 aliphatic heterocycles. The van der Waals surface area contributed by atoms with Gasteiger partial charge in [-0.05, 0) is 12.1 Å². The molecule has 86 valence electrons. The van der Waals surface area contributed by atoms with Crippen molar-refractivity contribution in [2.75, 3.05) is 0 Å². The molecule has 0 saturated heterocycles. The van der Waals surface area contributed by atoms with Gasteiger partial charge in [-0.2, -0.15) is 4.79 Å². The van der Waals surface area contributed by atoms with Gasteiger partial charge in [-0.3, -0.25) is 4.98 Å². The fourth-order valence-corrected chi connectivity index (χ4v) is 0.856. The first-order valence-corrected chi connectivity index (χ1v) is 4.70. The molecule has 0 amide bonds. The minimum absolute atomic E-state index is 0.182. The molecule has 1 heterocycles. The van der Waals surface area contributed by atoms with Crippen LogP contribution in [0, 0.1) is 0 Å². The summed E-state index contributed by atoms with van der Waals surface area (Å²) in [4.78, 5) is 15.8. The molecule has 0 atom stereocenters. The Balaban J connectivity index is 0.000000325. The highest BCUT2D eigenvalue weighted by Crippen LogP contribution is 2.18. The summed E-state index contributed by atoms with van der Waals surface area (Å²) in [6.45, 7) is 6.49. The smallest absolute Gasteiger partial charge is 0.411 e. The van der Waals surface area contributed by atoms with Crippen molar-refractivity contribution in [1.29, 1.82) is 0 Å². The Bertz CT molecular complexity index is 376. The van der Waals surface area contributed by atoms with Crippen LogP contribution in [0.3, 0.4) is 0 Å². The van der Waals surface area contributed by atoms with Crippen LogP contribution in [0.2, 0.25) is 0 Å². The fraction of sp³-hybridized carbons (Fsp3) is 0.364. The maximum absolute atomic E-state index is 9.29. The summed E-state index contributed by atoms with van der Waals surface area (Å²) >= 11 is 0. The number of carbonyl (C=O) groups is 1. The second kappa shape index (κ2) is 6.48. The zero-order valence-electron chi connectivity index (χ0n) is 9.58. The number of carboxylic acid groups (broad SMARTS) is 1. The van der Waals surface area contributed by atoms with Gasteiger partial charge < -0.3 is 10.6 Å². The third-order valence-corrected chi connectivity index (χ3v) is 1.60. The summed E-state index contributed by atoms with van der Waals surface area (Å²) in [5, 5.41) is 7.60. The predicted molar refractivity (Wildman–Crippen MR) is 60.3 cm³/mol. The fourth-order valence-electron chi connectivity index (χ4n) is 0.856. The maximum Gasteiger partial charge on any atom is 0.411 e. The SMILES string of the molecule is CC(C)(C)c1ccccn1.[N-]=[N+]=CC(=O)O. The highest BCUT2D eigenvalue weighted by atomic mass is 16.4. The number of rotatable bonds is 1. The summed E-state index contributed by atoms with van der Waals surface area (Å²) in [6.07, 6.45) is 2.22. The lowest BCUT2D eigenvalue weighted by molar-refractivity contribution is -0.132. The minimum Gasteiger partial charge on any atom is -0.473 e. The summed E-state index contributed by atoms with van der Waals surface area (Å²) in [6, 6.07) is 6.02. The van der Waals surface area contributed by atoms with Crippen LogP contribution in [-0.2, 0) is 10.2 Å². The van der Waals surface area contributed by atoms with Gasteiger partial charge >= 0.3 is 12.2 Å². The van der Waals surface area contributed by atoms with Gasteiger partial charge in [-0.25, -0.2) is 4.79 Å². The Morgan fingerprint density at radius 3 is 2.31 bits per heavy atom. The molecule has 1 aromatic rings. The second-order valence-corrected chi connectivity index (χ2v) is 4.05. The van der Waals surface area contributed by atoms with Crippen LogP contribution in [0.25, 0.3) is 5.53 Å². The lowest BCUT2D eigenvalue weighted by atomic mass is 9.92. The van der Waals surface area contributed by atoms with Gasteiger partial charge in [0.1, 0.15) is 0 Å². The lowest BCUT2D eigenvalue weighted by Crippen LogP contribution is -2.12. The normalized spacial score (nSPS) is 9.44. The molecule has 5 nitrogen and oxygen atoms in total. The summed E-state index contributed by atoms with van der Waals surface area (Å²) < 4.78 is 0. The molecule has 0 radical (unpaired) electrons. The van der Waals surface area contributed by atoms with E-state index in [4.69, 9.17) is 10.6 Å². The molecule has 0 saturated carbocycles. The summed E-state index contributed by atoms with van der Waals surface area (Å²) in [5.41, 5.74) is 8.76. The van der Waals surface area contributed by atoms with E-state index < -0.39 is 5.97 Å². The Kier molecular flexibility index (Phi) is 5.67. The van der Waals surface area contributed by atoms with Crippen LogP contribution in [-0.4, -0.2) is 27.1 Å². The first-order valence-electron chi connectivity index (χ1n) is 4.70. The Morgan fingerprint density at radius 1 is 1.50 bits per heavy atom. The van der Waals surface area contributed by atoms with Crippen LogP contribution >= 0.6 is 0 Å². The summed E-state index contributed by atoms with van der Waals surface area (Å²) in [7, 11) is 0. The molecule has 1 aromatic heterocycles. The Labute approximate surface area is 94.4 Å². The van der Waals surface area contributed by atoms with Crippen molar-refractivity contribution >= 4 is 12.2 Å². The average molecular weight is 221 g/mol. The van der Waals surface area contributed by atoms with Crippen molar-refractivity contribution in [3.8, 4) is 0 Å². The first-order chi connectivity index (χ1) is 7.38. The quantitative estimate of drug-likeness (QED) is 0.445. The predicted octanol–water partition coefficient (Wildman–Crippen LogP) is 1.75. The molecule has 0 aliphatic rings. The third kappa shape index (κ3) is 6.45. The van der Waals surface area contributed by atoms with Crippen LogP contribution in [0.4, 0.5) is 0 Å². The molecular formula is C11H15N3O2. The number of nitrogens with zero attached hydrogens (tertiary/aromatic N) is 3. The Hall–Kier alpha value is -2.00. The van der Waals surface area contributed by atoms with Gasteiger partial charge in [0.05, 0.1) is 0 Å². The van der Waals surface area contributed by atoms with E-state index in [9.17, 15) is 4.79 Å². The highest BCUT2D eigenvalue weighted by molar-refractivity contribution is 6.19. The molecule has 0 aliphatic carbocycles. The molecule has 0 aromatic carbocycles. The van der Waals surface area contributed by atoms with E-state index in [-0.39, 0.29) is 5.41 Å². The maximum atomic E-state index is 9.29. The highest BCUT2D eigenvalue weighted by Gasteiger charge is 2.13. The van der Waals surface area contributed by atoms with Gasteiger partial charge in [-0.15, -0.1) is 0 Å². The number of hydrogen-bond donors (Lipinski definition) is 1. The standard InChI is InChI=1S/C9H13N.C2H2N2O2/c1-9(2,3)8-6-4-5-7-10-8;3-4-1-2(5)6/h4-7H,1-3H3;1H,(H,5,6). The second-order valence-electron chi connectivity index (χ2n) is 4.05. The van der Waals surface area contributed by atoms with Crippen molar-refractivity contribution in [3.05, 3.63) is 35.6 Å². The number of pyridine rings is 1. The molecule has 0 spiro atoms. The first kappa shape index (κ1) is 14.0. The van der Waals surface area contributed by atoms with E-state index >= 15 is 0 Å². The minimum atomic E-state index is -1.25. The topological polar surface area (TPSA) is 86.6 Å². The zero-order chi connectivity index (χ0) is 12.6. The van der Waals surface area contributed by atoms with E-state index in [1.165, 1.54) is 0 Å². The zero-order valence-corrected chi connectivity index (χ0v) is 9.58. The number of aliphatic carboxylic acids is 1. The van der Waals surface area contributed by atoms with E-state index in [1.807, 2.05) is 18.3 Å². The van der Waals surface area contributed by atoms with Gasteiger partial charge in [0.2, 0.25) is 0 Å². The summed E-state index contributed by atoms with van der Waals surface area (Å²) in [5.74, 6) is -1.25. The number of aromatic nitrogens is 1. The van der Waals surface area contributed by atoms with Crippen LogP contribution < -0.4 is 0 Å². The van der Waals surface area contributed by atoms with Gasteiger partial charge in [-0.1, -0.05) is 26.8 Å². The third-order valence-electron chi connectivity index (χ3n) is 1.60. The number of carboxylic acids is 1. The van der Waals surface area contributed by atoms with Crippen molar-refractivity contribution in [3.63, 3.8) is 0 Å². The monoisotopic (exact) mass is 221 g/mol. The molecule has 1 rings (SSSR count). The molecule has 16 heavy (non-hydrogen) atoms.